The molecule has 0 atom stereocenters. The van der Waals surface area contributed by atoms with Crippen LogP contribution in [-0.2, 0) is 11.3 Å². The lowest BCUT2D eigenvalue weighted by Gasteiger charge is -2.15. The van der Waals surface area contributed by atoms with Gasteiger partial charge in [0.15, 0.2) is 0 Å². The maximum atomic E-state index is 14.7. The minimum Gasteiger partial charge on any atom is -0.496 e. The Kier molecular flexibility index (Phi) is 7.92. The number of oxime groups is 1. The highest BCUT2D eigenvalue weighted by Gasteiger charge is 2.17. The van der Waals surface area contributed by atoms with E-state index in [-0.39, 0.29) is 5.56 Å². The molecule has 0 N–H and O–H groups in total. The van der Waals surface area contributed by atoms with Crippen molar-refractivity contribution < 1.29 is 18.4 Å². The molecule has 8 heteroatoms. The van der Waals surface area contributed by atoms with Crippen molar-refractivity contribution in [3.05, 3.63) is 82.1 Å². The number of ether oxygens (including phenoxy) is 1. The van der Waals surface area contributed by atoms with Crippen LogP contribution in [0.2, 0.25) is 0 Å². The highest BCUT2D eigenvalue weighted by atomic mass is 19.1. The Morgan fingerprint density at radius 1 is 1.15 bits per heavy atom. The van der Waals surface area contributed by atoms with Gasteiger partial charge in [0.2, 0.25) is 11.8 Å². The fourth-order valence-electron chi connectivity index (χ4n) is 3.55. The number of aromatic nitrogens is 2. The van der Waals surface area contributed by atoms with E-state index in [1.54, 1.807) is 25.1 Å². The Morgan fingerprint density at radius 2 is 1.91 bits per heavy atom. The van der Waals surface area contributed by atoms with Gasteiger partial charge in [-0.3, -0.25) is 0 Å². The Hall–Kier alpha value is -3.99. The zero-order valence-electron chi connectivity index (χ0n) is 19.1. The molecule has 1 aromatic heterocycles. The number of hydrogen-bond donors (Lipinski definition) is 0. The van der Waals surface area contributed by atoms with E-state index < -0.39 is 5.97 Å². The number of unbranched alkanes of at least 4 members (excludes halogenated alkanes) is 1. The molecule has 0 unspecified atom stereocenters. The smallest absolute Gasteiger partial charge is 0.260 e. The Bertz CT molecular complexity index is 1210. The highest BCUT2D eigenvalue weighted by Crippen LogP contribution is 2.33. The quantitative estimate of drug-likeness (QED) is 0.251. The average molecular weight is 448 g/mol. The first-order valence-electron chi connectivity index (χ1n) is 10.4. The van der Waals surface area contributed by atoms with E-state index >= 15 is 0 Å². The van der Waals surface area contributed by atoms with Gasteiger partial charge in [-0.05, 0) is 66.3 Å². The Labute approximate surface area is 192 Å². The number of halogens is 1. The van der Waals surface area contributed by atoms with Crippen molar-refractivity contribution >= 4 is 11.5 Å². The average Bonchev–Trinajstić information content (AvgIpc) is 3.23. The van der Waals surface area contributed by atoms with Crippen LogP contribution in [0.25, 0.3) is 5.57 Å². The van der Waals surface area contributed by atoms with E-state index in [4.69, 9.17) is 14.4 Å². The summed E-state index contributed by atoms with van der Waals surface area (Å²) in [7, 11) is 2.78. The molecule has 0 fully saturated rings. The maximum Gasteiger partial charge on any atom is 0.260 e. The van der Waals surface area contributed by atoms with Gasteiger partial charge in [0.1, 0.15) is 12.9 Å². The Morgan fingerprint density at radius 3 is 2.52 bits per heavy atom. The van der Waals surface area contributed by atoms with Gasteiger partial charge in [-0.2, -0.15) is 9.65 Å². The van der Waals surface area contributed by atoms with Crippen molar-refractivity contribution in [2.75, 3.05) is 14.2 Å². The van der Waals surface area contributed by atoms with Crippen LogP contribution in [0, 0.1) is 25.2 Å². The summed E-state index contributed by atoms with van der Waals surface area (Å²) < 4.78 is 25.5. The lowest BCUT2D eigenvalue weighted by Crippen LogP contribution is -2.03. The number of hydrogen-bond acceptors (Lipinski definition) is 7. The number of aryl methyl sites for hydroxylation is 3. The fourth-order valence-corrected chi connectivity index (χ4v) is 3.55. The number of allylic oxidation sites excluding steroid dienone is 1. The van der Waals surface area contributed by atoms with E-state index in [9.17, 15) is 4.39 Å². The molecule has 7 nitrogen and oxygen atoms in total. The number of methoxy groups -OCH3 is 1. The molecule has 0 amide bonds. The van der Waals surface area contributed by atoms with Crippen LogP contribution in [0.4, 0.5) is 4.39 Å². The van der Waals surface area contributed by atoms with Crippen LogP contribution in [0.3, 0.4) is 0 Å². The minimum absolute atomic E-state index is 0.204. The molecule has 3 rings (SSSR count). The van der Waals surface area contributed by atoms with Crippen LogP contribution >= 0.6 is 0 Å². The number of rotatable bonds is 9. The molecule has 0 saturated carbocycles. The molecule has 0 spiro atoms. The molecule has 0 aliphatic rings. The minimum atomic E-state index is -0.773. The first kappa shape index (κ1) is 23.7. The second-order valence-corrected chi connectivity index (χ2v) is 7.35. The van der Waals surface area contributed by atoms with E-state index in [1.165, 1.54) is 14.2 Å². The van der Waals surface area contributed by atoms with Gasteiger partial charge in [-0.1, -0.05) is 23.4 Å². The summed E-state index contributed by atoms with van der Waals surface area (Å²) in [6.07, 6.45) is 4.26. The van der Waals surface area contributed by atoms with Gasteiger partial charge in [0.25, 0.3) is 5.97 Å². The van der Waals surface area contributed by atoms with E-state index in [0.717, 1.165) is 35.1 Å². The first-order valence-corrected chi connectivity index (χ1v) is 10.4. The SMILES string of the molecule is CON=C(F)c1cc(/C(=C\CCCc2nnc(C)o2)c2ccc(C#N)cc2)cc(C)c1OC. The summed E-state index contributed by atoms with van der Waals surface area (Å²) in [4.78, 5) is 4.62. The van der Waals surface area contributed by atoms with E-state index in [0.29, 0.717) is 29.5 Å². The van der Waals surface area contributed by atoms with Gasteiger partial charge in [0, 0.05) is 13.3 Å². The van der Waals surface area contributed by atoms with Crippen LogP contribution in [-0.4, -0.2) is 30.4 Å². The second kappa shape index (κ2) is 11.0. The van der Waals surface area contributed by atoms with Crippen molar-refractivity contribution in [2.24, 2.45) is 5.16 Å². The molecule has 2 aromatic carbocycles. The molecule has 3 aromatic rings. The van der Waals surface area contributed by atoms with Crippen molar-refractivity contribution in [1.82, 2.24) is 10.2 Å². The molecule has 0 radical (unpaired) electrons. The second-order valence-electron chi connectivity index (χ2n) is 7.35. The number of benzene rings is 2. The molecule has 0 aliphatic carbocycles. The van der Waals surface area contributed by atoms with Crippen molar-refractivity contribution in [3.8, 4) is 11.8 Å². The molecule has 0 saturated heterocycles. The summed E-state index contributed by atoms with van der Waals surface area (Å²) in [5, 5.41) is 20.5. The third-order valence-electron chi connectivity index (χ3n) is 5.02. The topological polar surface area (TPSA) is 93.5 Å². The van der Waals surface area contributed by atoms with Gasteiger partial charge >= 0.3 is 0 Å². The van der Waals surface area contributed by atoms with Crippen LogP contribution < -0.4 is 4.74 Å². The van der Waals surface area contributed by atoms with Gasteiger partial charge < -0.3 is 14.0 Å². The van der Waals surface area contributed by atoms with Crippen LogP contribution in [0.15, 0.2) is 52.0 Å². The molecule has 0 bridgehead atoms. The predicted octanol–water partition coefficient (Wildman–Crippen LogP) is 5.30. The number of nitrogens with zero attached hydrogens (tertiary/aromatic N) is 4. The Balaban J connectivity index is 2.00. The highest BCUT2D eigenvalue weighted by molar-refractivity contribution is 5.98. The zero-order chi connectivity index (χ0) is 23.8. The van der Waals surface area contributed by atoms with Crippen molar-refractivity contribution in [2.45, 2.75) is 33.1 Å². The van der Waals surface area contributed by atoms with Crippen LogP contribution in [0.1, 0.15) is 52.4 Å². The van der Waals surface area contributed by atoms with Gasteiger partial charge in [0.05, 0.1) is 24.3 Å². The lowest BCUT2D eigenvalue weighted by molar-refractivity contribution is 0.209. The summed E-state index contributed by atoms with van der Waals surface area (Å²) >= 11 is 0. The third-order valence-corrected chi connectivity index (χ3v) is 5.02. The van der Waals surface area contributed by atoms with E-state index in [2.05, 4.69) is 32.3 Å². The molecule has 1 heterocycles. The number of nitriles is 1. The van der Waals surface area contributed by atoms with Gasteiger partial charge in [-0.25, -0.2) is 0 Å². The van der Waals surface area contributed by atoms with Gasteiger partial charge in [-0.15, -0.1) is 10.2 Å². The molecule has 0 aliphatic heterocycles. The maximum absolute atomic E-state index is 14.7. The summed E-state index contributed by atoms with van der Waals surface area (Å²) in [6, 6.07) is 13.0. The standard InChI is InChI=1S/C25H25FN4O3/c1-16-13-20(14-22(24(16)31-3)25(26)30-32-4)21(19-11-9-18(15-27)10-12-19)7-5-6-8-23-29-28-17(2)33-23/h7,9-14H,5-6,8H2,1-4H3/b21-7-,30-25?. The summed E-state index contributed by atoms with van der Waals surface area (Å²) in [5.41, 5.74) is 4.13. The van der Waals surface area contributed by atoms with E-state index in [1.807, 2.05) is 25.1 Å². The van der Waals surface area contributed by atoms with Crippen molar-refractivity contribution in [1.29, 1.82) is 5.26 Å². The molecular formula is C25H25FN4O3. The third kappa shape index (κ3) is 5.83. The lowest BCUT2D eigenvalue weighted by atomic mass is 9.92. The van der Waals surface area contributed by atoms with Crippen molar-refractivity contribution in [3.63, 3.8) is 0 Å². The van der Waals surface area contributed by atoms with Crippen LogP contribution in [0.5, 0.6) is 5.75 Å². The fraction of sp³-hybridized carbons (Fsp3) is 0.280. The monoisotopic (exact) mass is 448 g/mol. The molecular weight excluding hydrogens is 423 g/mol. The normalized spacial score (nSPS) is 11.9. The predicted molar refractivity (Wildman–Crippen MR) is 123 cm³/mol. The zero-order valence-corrected chi connectivity index (χ0v) is 19.1. The summed E-state index contributed by atoms with van der Waals surface area (Å²) in [5.74, 6) is 0.759. The molecule has 170 valence electrons. The first-order chi connectivity index (χ1) is 16.0. The largest absolute Gasteiger partial charge is 0.496 e. The summed E-state index contributed by atoms with van der Waals surface area (Å²) in [6.45, 7) is 3.61. The molecule has 33 heavy (non-hydrogen) atoms.